The van der Waals surface area contributed by atoms with Gasteiger partial charge in [0.15, 0.2) is 11.5 Å². The van der Waals surface area contributed by atoms with Crippen LogP contribution in [0.1, 0.15) is 76.3 Å². The van der Waals surface area contributed by atoms with Crippen LogP contribution in [0.2, 0.25) is 0 Å². The van der Waals surface area contributed by atoms with Gasteiger partial charge in [-0.05, 0) is 74.1 Å². The van der Waals surface area contributed by atoms with Crippen molar-refractivity contribution in [2.75, 3.05) is 20.8 Å². The average Bonchev–Trinajstić information content (AvgIpc) is 2.98. The van der Waals surface area contributed by atoms with Gasteiger partial charge in [-0.15, -0.1) is 0 Å². The molecule has 0 saturated heterocycles. The molecule has 210 valence electrons. The summed E-state index contributed by atoms with van der Waals surface area (Å²) in [4.78, 5) is 32.8. The number of fused-ring (bicyclic) bond motifs is 1. The molecule has 0 radical (unpaired) electrons. The molecule has 0 N–H and O–H groups in total. The second-order valence-electron chi connectivity index (χ2n) is 11.2. The van der Waals surface area contributed by atoms with Gasteiger partial charge in [-0.1, -0.05) is 66.8 Å². The lowest BCUT2D eigenvalue weighted by molar-refractivity contribution is -0.137. The molecule has 0 bridgehead atoms. The van der Waals surface area contributed by atoms with Crippen LogP contribution in [0.3, 0.4) is 0 Å². The van der Waals surface area contributed by atoms with Crippen molar-refractivity contribution in [2.45, 2.75) is 71.0 Å². The fraction of sp³-hybridized carbons (Fsp3) is 0.412. The van der Waals surface area contributed by atoms with Gasteiger partial charge in [-0.3, -0.25) is 19.4 Å². The molecular weight excluding hydrogens is 500 g/mol. The Labute approximate surface area is 237 Å². The monoisotopic (exact) mass is 540 g/mol. The Bertz CT molecular complexity index is 1340. The van der Waals surface area contributed by atoms with Crippen molar-refractivity contribution in [1.82, 2.24) is 9.80 Å². The number of methoxy groups -OCH3 is 2. The van der Waals surface area contributed by atoms with E-state index < -0.39 is 6.04 Å². The molecule has 1 unspecified atom stereocenters. The number of benzene rings is 3. The minimum atomic E-state index is -0.610. The number of carbonyl (C=O) groups is 2. The van der Waals surface area contributed by atoms with Gasteiger partial charge in [0.25, 0.3) is 11.8 Å². The predicted octanol–water partition coefficient (Wildman–Crippen LogP) is 6.42. The number of hydrogen-bond donors (Lipinski definition) is 0. The standard InChI is InChI=1S/C34H40N2O4/c1-23-10-14-25(15-11-23)22-35-19-18-27-20-30(39-3)31(40-4)21-29(27)32(35)34(38)36(28-8-6-5-7-9-28)33(37)26-16-12-24(2)13-17-26/h10-17,20-21,28,32H,5-9,18-19,22H2,1-4H3. The summed E-state index contributed by atoms with van der Waals surface area (Å²) in [5, 5.41) is 0. The molecule has 1 fully saturated rings. The smallest absolute Gasteiger partial charge is 0.260 e. The van der Waals surface area contributed by atoms with Gasteiger partial charge in [0, 0.05) is 24.7 Å². The maximum absolute atomic E-state index is 14.8. The van der Waals surface area contributed by atoms with Crippen molar-refractivity contribution < 1.29 is 19.1 Å². The lowest BCUT2D eigenvalue weighted by Crippen LogP contribution is -2.52. The van der Waals surface area contributed by atoms with Gasteiger partial charge >= 0.3 is 0 Å². The summed E-state index contributed by atoms with van der Waals surface area (Å²) >= 11 is 0. The van der Waals surface area contributed by atoms with Gasteiger partial charge in [-0.25, -0.2) is 0 Å². The highest BCUT2D eigenvalue weighted by molar-refractivity contribution is 6.06. The Balaban J connectivity index is 1.59. The Morgan fingerprint density at radius 3 is 2.08 bits per heavy atom. The van der Waals surface area contributed by atoms with Crippen LogP contribution in [0, 0.1) is 13.8 Å². The van der Waals surface area contributed by atoms with E-state index in [1.54, 1.807) is 19.1 Å². The third-order valence-electron chi connectivity index (χ3n) is 8.41. The SMILES string of the molecule is COc1cc2c(cc1OC)C(C(=O)N(C(=O)c1ccc(C)cc1)C1CCCCC1)N(Cc1ccc(C)cc1)CC2. The maximum atomic E-state index is 14.8. The summed E-state index contributed by atoms with van der Waals surface area (Å²) in [7, 11) is 3.24. The predicted molar refractivity (Wildman–Crippen MR) is 157 cm³/mol. The molecular formula is C34H40N2O4. The molecule has 5 rings (SSSR count). The second-order valence-corrected chi connectivity index (χ2v) is 11.2. The number of ether oxygens (including phenoxy) is 2. The van der Waals surface area contributed by atoms with Crippen LogP contribution in [0.4, 0.5) is 0 Å². The fourth-order valence-electron chi connectivity index (χ4n) is 6.14. The number of carbonyl (C=O) groups excluding carboxylic acids is 2. The first kappa shape index (κ1) is 27.9. The molecule has 40 heavy (non-hydrogen) atoms. The summed E-state index contributed by atoms with van der Waals surface area (Å²) in [6.07, 6.45) is 5.64. The third kappa shape index (κ3) is 5.78. The van der Waals surface area contributed by atoms with Crippen molar-refractivity contribution in [3.63, 3.8) is 0 Å². The molecule has 3 aromatic rings. The van der Waals surface area contributed by atoms with Crippen LogP contribution >= 0.6 is 0 Å². The van der Waals surface area contributed by atoms with E-state index in [1.165, 1.54) is 5.56 Å². The quantitative estimate of drug-likeness (QED) is 0.324. The molecule has 0 aromatic heterocycles. The maximum Gasteiger partial charge on any atom is 0.260 e. The molecule has 1 aliphatic heterocycles. The number of amides is 2. The number of hydrogen-bond acceptors (Lipinski definition) is 5. The number of aryl methyl sites for hydroxylation is 2. The molecule has 1 saturated carbocycles. The summed E-state index contributed by atoms with van der Waals surface area (Å²) in [6.45, 7) is 5.39. The Morgan fingerprint density at radius 2 is 1.45 bits per heavy atom. The van der Waals surface area contributed by atoms with Crippen molar-refractivity contribution in [2.24, 2.45) is 0 Å². The molecule has 3 aromatic carbocycles. The average molecular weight is 541 g/mol. The van der Waals surface area contributed by atoms with Crippen LogP contribution < -0.4 is 9.47 Å². The van der Waals surface area contributed by atoms with Crippen LogP contribution in [-0.4, -0.2) is 48.4 Å². The Hall–Kier alpha value is -3.64. The van der Waals surface area contributed by atoms with Gasteiger partial charge in [-0.2, -0.15) is 0 Å². The molecule has 0 spiro atoms. The second kappa shape index (κ2) is 12.3. The van der Waals surface area contributed by atoms with Crippen LogP contribution in [0.15, 0.2) is 60.7 Å². The summed E-state index contributed by atoms with van der Waals surface area (Å²) in [6, 6.07) is 19.2. The van der Waals surface area contributed by atoms with E-state index in [0.29, 0.717) is 30.2 Å². The molecule has 2 aliphatic rings. The van der Waals surface area contributed by atoms with E-state index in [9.17, 15) is 9.59 Å². The molecule has 1 atom stereocenters. The number of imide groups is 1. The van der Waals surface area contributed by atoms with Crippen molar-refractivity contribution in [3.8, 4) is 11.5 Å². The van der Waals surface area contributed by atoms with Crippen molar-refractivity contribution in [3.05, 3.63) is 94.0 Å². The number of nitrogens with zero attached hydrogens (tertiary/aromatic N) is 2. The van der Waals surface area contributed by atoms with Gasteiger partial charge in [0.2, 0.25) is 0 Å². The largest absolute Gasteiger partial charge is 0.493 e. The molecule has 1 aliphatic carbocycles. The normalized spacial score (nSPS) is 17.6. The van der Waals surface area contributed by atoms with E-state index in [4.69, 9.17) is 9.47 Å². The molecule has 1 heterocycles. The summed E-state index contributed by atoms with van der Waals surface area (Å²) in [5.74, 6) is 0.877. The summed E-state index contributed by atoms with van der Waals surface area (Å²) in [5.41, 5.74) is 5.92. The Kier molecular flexibility index (Phi) is 8.55. The van der Waals surface area contributed by atoms with E-state index in [1.807, 2.05) is 43.3 Å². The lowest BCUT2D eigenvalue weighted by Gasteiger charge is -2.41. The van der Waals surface area contributed by atoms with E-state index in [0.717, 1.165) is 60.8 Å². The van der Waals surface area contributed by atoms with Gasteiger partial charge in [0.05, 0.1) is 14.2 Å². The van der Waals surface area contributed by atoms with Crippen molar-refractivity contribution >= 4 is 11.8 Å². The highest BCUT2D eigenvalue weighted by Crippen LogP contribution is 2.40. The fourth-order valence-corrected chi connectivity index (χ4v) is 6.14. The van der Waals surface area contributed by atoms with Crippen LogP contribution in [-0.2, 0) is 17.8 Å². The zero-order valence-corrected chi connectivity index (χ0v) is 24.1. The topological polar surface area (TPSA) is 59.1 Å². The van der Waals surface area contributed by atoms with Gasteiger partial charge in [0.1, 0.15) is 6.04 Å². The molecule has 6 heteroatoms. The zero-order chi connectivity index (χ0) is 28.2. The van der Waals surface area contributed by atoms with Gasteiger partial charge < -0.3 is 9.47 Å². The third-order valence-corrected chi connectivity index (χ3v) is 8.41. The van der Waals surface area contributed by atoms with E-state index in [2.05, 4.69) is 36.1 Å². The van der Waals surface area contributed by atoms with Crippen LogP contribution in [0.25, 0.3) is 0 Å². The highest BCUT2D eigenvalue weighted by Gasteiger charge is 2.41. The first-order chi connectivity index (χ1) is 19.4. The Morgan fingerprint density at radius 1 is 0.850 bits per heavy atom. The first-order valence-electron chi connectivity index (χ1n) is 14.4. The first-order valence-corrected chi connectivity index (χ1v) is 14.4. The van der Waals surface area contributed by atoms with Crippen molar-refractivity contribution in [1.29, 1.82) is 0 Å². The highest BCUT2D eigenvalue weighted by atomic mass is 16.5. The molecule has 2 amide bonds. The number of rotatable bonds is 7. The zero-order valence-electron chi connectivity index (χ0n) is 24.1. The minimum Gasteiger partial charge on any atom is -0.493 e. The van der Waals surface area contributed by atoms with E-state index in [-0.39, 0.29) is 17.9 Å². The van der Waals surface area contributed by atoms with Crippen LogP contribution in [0.5, 0.6) is 11.5 Å². The minimum absolute atomic E-state index is 0.109. The molecule has 6 nitrogen and oxygen atoms in total. The lowest BCUT2D eigenvalue weighted by atomic mass is 9.88. The summed E-state index contributed by atoms with van der Waals surface area (Å²) < 4.78 is 11.3. The van der Waals surface area contributed by atoms with E-state index >= 15 is 0 Å².